The van der Waals surface area contributed by atoms with E-state index in [4.69, 9.17) is 9.15 Å². The first-order valence-corrected chi connectivity index (χ1v) is 12.6. The molecule has 0 aliphatic heterocycles. The van der Waals surface area contributed by atoms with Gasteiger partial charge in [-0.15, -0.1) is 0 Å². The van der Waals surface area contributed by atoms with Gasteiger partial charge in [0.1, 0.15) is 17.1 Å². The van der Waals surface area contributed by atoms with Crippen LogP contribution in [0.4, 0.5) is 13.2 Å². The molecule has 196 valence electrons. The van der Waals surface area contributed by atoms with Gasteiger partial charge in [0, 0.05) is 5.39 Å². The fourth-order valence-electron chi connectivity index (χ4n) is 3.15. The van der Waals surface area contributed by atoms with E-state index in [0.29, 0.717) is 6.10 Å². The molecule has 3 rings (SSSR count). The van der Waals surface area contributed by atoms with E-state index in [2.05, 4.69) is 26.5 Å². The maximum atomic E-state index is 11.9. The molecule has 5 heteroatoms. The number of halogens is 3. The molecule has 0 aliphatic rings. The van der Waals surface area contributed by atoms with E-state index in [-0.39, 0.29) is 0 Å². The van der Waals surface area contributed by atoms with E-state index < -0.39 is 11.7 Å². The van der Waals surface area contributed by atoms with Crippen LogP contribution in [0.25, 0.3) is 16.5 Å². The van der Waals surface area contributed by atoms with Crippen molar-refractivity contribution in [2.75, 3.05) is 0 Å². The summed E-state index contributed by atoms with van der Waals surface area (Å²) in [4.78, 5) is 0. The average Bonchev–Trinajstić information content (AvgIpc) is 3.26. The Morgan fingerprint density at radius 2 is 1.46 bits per heavy atom. The van der Waals surface area contributed by atoms with E-state index in [1.807, 2.05) is 52.8 Å². The monoisotopic (exact) mass is 492 g/mol. The molecule has 3 aromatic rings. The van der Waals surface area contributed by atoms with Crippen LogP contribution in [0.15, 0.2) is 59.5 Å². The molecule has 0 spiro atoms. The summed E-state index contributed by atoms with van der Waals surface area (Å²) >= 11 is 0. The minimum Gasteiger partial charge on any atom is -0.490 e. The Morgan fingerprint density at radius 3 is 1.91 bits per heavy atom. The van der Waals surface area contributed by atoms with Crippen molar-refractivity contribution in [2.24, 2.45) is 0 Å². The van der Waals surface area contributed by atoms with Crippen LogP contribution < -0.4 is 4.74 Å². The molecule has 0 radical (unpaired) electrons. The van der Waals surface area contributed by atoms with Gasteiger partial charge in [-0.25, -0.2) is 0 Å². The van der Waals surface area contributed by atoms with Gasteiger partial charge in [0.05, 0.1) is 11.7 Å². The van der Waals surface area contributed by atoms with Crippen LogP contribution in [0, 0.1) is 6.92 Å². The van der Waals surface area contributed by atoms with Crippen molar-refractivity contribution in [3.8, 4) is 5.75 Å². The number of alkyl halides is 3. The predicted octanol–water partition coefficient (Wildman–Crippen LogP) is 10.9. The zero-order chi connectivity index (χ0) is 27.0. The minimum atomic E-state index is -4.21. The van der Waals surface area contributed by atoms with Gasteiger partial charge in [-0.1, -0.05) is 78.7 Å². The van der Waals surface area contributed by atoms with Crippen LogP contribution in [0.1, 0.15) is 91.0 Å². The Morgan fingerprint density at radius 1 is 0.914 bits per heavy atom. The Labute approximate surface area is 210 Å². The maximum absolute atomic E-state index is 11.9. The van der Waals surface area contributed by atoms with Crippen molar-refractivity contribution in [3.63, 3.8) is 0 Å². The van der Waals surface area contributed by atoms with Crippen molar-refractivity contribution in [2.45, 2.75) is 93.4 Å². The molecular weight excluding hydrogens is 449 g/mol. The first-order chi connectivity index (χ1) is 16.6. The molecule has 2 aromatic carbocycles. The third-order valence-electron chi connectivity index (χ3n) is 4.81. The van der Waals surface area contributed by atoms with Gasteiger partial charge in [-0.3, -0.25) is 0 Å². The predicted molar refractivity (Wildman–Crippen MR) is 144 cm³/mol. The fourth-order valence-corrected chi connectivity index (χ4v) is 3.15. The number of ether oxygens (including phenoxy) is 1. The molecular formula is C30H43F3O2. The van der Waals surface area contributed by atoms with Gasteiger partial charge >= 0.3 is 6.18 Å². The largest absolute Gasteiger partial charge is 0.490 e. The highest BCUT2D eigenvalue weighted by molar-refractivity contribution is 5.82. The van der Waals surface area contributed by atoms with E-state index in [1.165, 1.54) is 12.1 Å². The van der Waals surface area contributed by atoms with Gasteiger partial charge in [0.25, 0.3) is 0 Å². The molecule has 0 aliphatic carbocycles. The summed E-state index contributed by atoms with van der Waals surface area (Å²) in [5, 5.41) is 1.08. The Balaban J connectivity index is 0.000000652. The van der Waals surface area contributed by atoms with Crippen LogP contribution in [-0.2, 0) is 6.18 Å². The van der Waals surface area contributed by atoms with Crippen molar-refractivity contribution >= 4 is 16.5 Å². The molecule has 0 saturated heterocycles. The summed E-state index contributed by atoms with van der Waals surface area (Å²) in [5.74, 6) is 1.77. The molecule has 0 atom stereocenters. The van der Waals surface area contributed by atoms with Gasteiger partial charge < -0.3 is 9.15 Å². The molecule has 1 heterocycles. The summed E-state index contributed by atoms with van der Waals surface area (Å²) in [5.41, 5.74) is 2.07. The normalized spacial score (nSPS) is 10.4. The zero-order valence-corrected chi connectivity index (χ0v) is 22.7. The smallest absolute Gasteiger partial charge is 0.416 e. The highest BCUT2D eigenvalue weighted by Crippen LogP contribution is 2.29. The number of rotatable bonds is 7. The second-order valence-electron chi connectivity index (χ2n) is 7.77. The van der Waals surface area contributed by atoms with E-state index >= 15 is 0 Å². The summed E-state index contributed by atoms with van der Waals surface area (Å²) in [6, 6.07) is 13.1. The molecule has 0 unspecified atom stereocenters. The number of furan rings is 1. The molecule has 0 saturated carbocycles. The van der Waals surface area contributed by atoms with Crippen molar-refractivity contribution in [3.05, 3.63) is 72.0 Å². The summed E-state index contributed by atoms with van der Waals surface area (Å²) in [7, 11) is 0. The Kier molecular flexibility index (Phi) is 15.6. The second kappa shape index (κ2) is 16.9. The highest BCUT2D eigenvalue weighted by Gasteiger charge is 2.29. The van der Waals surface area contributed by atoms with Crippen LogP contribution in [-0.4, -0.2) is 6.10 Å². The number of allylic oxidation sites excluding steroid dienone is 1. The van der Waals surface area contributed by atoms with Crippen molar-refractivity contribution in [1.29, 1.82) is 0 Å². The van der Waals surface area contributed by atoms with Crippen LogP contribution >= 0.6 is 0 Å². The standard InChI is InChI=1S/C18H24O2.C8H7F3.2C2H6/c1-5-7-15(8-6-2)19-16-9-10-17-14(11-16)12-18(20-17)13(3)4;1-6-2-4-7(5-3-6)8(9,10)11;2*1-2/h9-12,15H,3,5-8H2,1-2,4H3;2-5H,1H3;2*1-2H3. The lowest BCUT2D eigenvalue weighted by atomic mass is 10.1. The SMILES string of the molecule is C=C(C)c1cc2cc(OC(CCC)CCC)ccc2o1.CC.CC.Cc1ccc(C(F)(F)F)cc1. The number of fused-ring (bicyclic) bond motifs is 1. The average molecular weight is 493 g/mol. The molecule has 35 heavy (non-hydrogen) atoms. The molecule has 0 amide bonds. The number of hydrogen-bond acceptors (Lipinski definition) is 2. The molecule has 0 N–H and O–H groups in total. The molecule has 0 fully saturated rings. The number of aryl methyl sites for hydroxylation is 1. The third kappa shape index (κ3) is 11.5. The Bertz CT molecular complexity index is 963. The topological polar surface area (TPSA) is 22.4 Å². The fraction of sp³-hybridized carbons (Fsp3) is 0.467. The number of benzene rings is 2. The minimum absolute atomic E-state index is 0.315. The van der Waals surface area contributed by atoms with Crippen molar-refractivity contribution in [1.82, 2.24) is 0 Å². The lowest BCUT2D eigenvalue weighted by molar-refractivity contribution is -0.137. The van der Waals surface area contributed by atoms with Crippen molar-refractivity contribution < 1.29 is 22.3 Å². The van der Waals surface area contributed by atoms with E-state index in [1.54, 1.807) is 6.92 Å². The zero-order valence-electron chi connectivity index (χ0n) is 22.7. The summed E-state index contributed by atoms with van der Waals surface area (Å²) in [6.45, 7) is 20.0. The summed E-state index contributed by atoms with van der Waals surface area (Å²) < 4.78 is 47.6. The van der Waals surface area contributed by atoms with E-state index in [9.17, 15) is 13.2 Å². The van der Waals surface area contributed by atoms with Crippen LogP contribution in [0.5, 0.6) is 5.75 Å². The maximum Gasteiger partial charge on any atom is 0.416 e. The number of hydrogen-bond donors (Lipinski definition) is 0. The Hall–Kier alpha value is -2.69. The third-order valence-corrected chi connectivity index (χ3v) is 4.81. The van der Waals surface area contributed by atoms with Gasteiger partial charge in [-0.05, 0) is 68.7 Å². The second-order valence-corrected chi connectivity index (χ2v) is 7.77. The first kappa shape index (κ1) is 32.3. The molecule has 0 bridgehead atoms. The highest BCUT2D eigenvalue weighted by atomic mass is 19.4. The molecule has 1 aromatic heterocycles. The van der Waals surface area contributed by atoms with Gasteiger partial charge in [0.2, 0.25) is 0 Å². The molecule has 2 nitrogen and oxygen atoms in total. The lowest BCUT2D eigenvalue weighted by Gasteiger charge is -2.17. The first-order valence-electron chi connectivity index (χ1n) is 12.6. The van der Waals surface area contributed by atoms with Crippen LogP contribution in [0.2, 0.25) is 0 Å². The lowest BCUT2D eigenvalue weighted by Crippen LogP contribution is -2.15. The van der Waals surface area contributed by atoms with Gasteiger partial charge in [-0.2, -0.15) is 13.2 Å². The summed E-state index contributed by atoms with van der Waals surface area (Å²) in [6.07, 6.45) is 0.614. The van der Waals surface area contributed by atoms with Gasteiger partial charge in [0.15, 0.2) is 0 Å². The van der Waals surface area contributed by atoms with E-state index in [0.717, 1.165) is 71.4 Å². The quantitative estimate of drug-likeness (QED) is 0.327. The van der Waals surface area contributed by atoms with Crippen LogP contribution in [0.3, 0.4) is 0 Å².